The second-order valence-corrected chi connectivity index (χ2v) is 10.2. The predicted molar refractivity (Wildman–Crippen MR) is 74.1 cm³/mol. The van der Waals surface area contributed by atoms with Crippen molar-refractivity contribution in [2.24, 2.45) is 5.92 Å². The third-order valence-electron chi connectivity index (χ3n) is 3.55. The second kappa shape index (κ2) is 8.29. The molecule has 0 heterocycles. The molecule has 0 amide bonds. The first-order chi connectivity index (χ1) is 8.44. The molecule has 5 heteroatoms. The van der Waals surface area contributed by atoms with E-state index in [0.717, 1.165) is 12.1 Å². The van der Waals surface area contributed by atoms with Gasteiger partial charge in [-0.25, -0.2) is 0 Å². The highest BCUT2D eigenvalue weighted by atomic mass is 28.3. The fourth-order valence-corrected chi connectivity index (χ4v) is 4.18. The lowest BCUT2D eigenvalue weighted by Gasteiger charge is -2.27. The third-order valence-corrected chi connectivity index (χ3v) is 8.35. The lowest BCUT2D eigenvalue weighted by molar-refractivity contribution is -0.160. The average molecular weight is 274 g/mol. The van der Waals surface area contributed by atoms with E-state index in [1.165, 1.54) is 0 Å². The molecule has 0 spiro atoms. The van der Waals surface area contributed by atoms with Gasteiger partial charge in [0.2, 0.25) is 0 Å². The highest BCUT2D eigenvalue weighted by molar-refractivity contribution is 6.78. The molecule has 0 aromatic carbocycles. The molecule has 0 radical (unpaired) electrons. The van der Waals surface area contributed by atoms with Gasteiger partial charge < -0.3 is 9.47 Å². The van der Waals surface area contributed by atoms with Crippen molar-refractivity contribution >= 4 is 20.0 Å². The van der Waals surface area contributed by atoms with Crippen LogP contribution in [0, 0.1) is 5.92 Å². The monoisotopic (exact) mass is 274 g/mol. The summed E-state index contributed by atoms with van der Waals surface area (Å²) in [7, 11) is -1.55. The van der Waals surface area contributed by atoms with Crippen LogP contribution in [0.15, 0.2) is 0 Å². The zero-order valence-electron chi connectivity index (χ0n) is 12.2. The van der Waals surface area contributed by atoms with Crippen molar-refractivity contribution in [1.82, 2.24) is 0 Å². The second-order valence-electron chi connectivity index (χ2n) is 4.78. The molecule has 0 N–H and O–H groups in total. The van der Waals surface area contributed by atoms with E-state index < -0.39 is 25.9 Å². The zero-order valence-corrected chi connectivity index (χ0v) is 13.2. The Bertz CT molecular complexity index is 256. The molecule has 0 saturated heterocycles. The summed E-state index contributed by atoms with van der Waals surface area (Å²) in [5.74, 6) is -1.60. The van der Waals surface area contributed by atoms with Crippen molar-refractivity contribution < 1.29 is 19.1 Å². The number of hydrogen-bond donors (Lipinski definition) is 0. The molecule has 0 atom stereocenters. The fraction of sp³-hybridized carbons (Fsp3) is 0.846. The lowest BCUT2D eigenvalue weighted by atomic mass is 10.2. The molecule has 0 aliphatic rings. The Morgan fingerprint density at radius 3 is 1.61 bits per heavy atom. The smallest absolute Gasteiger partial charge is 0.320 e. The number of hydrogen-bond acceptors (Lipinski definition) is 4. The summed E-state index contributed by atoms with van der Waals surface area (Å²) in [5.41, 5.74) is 0. The topological polar surface area (TPSA) is 52.6 Å². The Balaban J connectivity index is 4.86. The quantitative estimate of drug-likeness (QED) is 0.388. The predicted octanol–water partition coefficient (Wildman–Crippen LogP) is 2.85. The number of rotatable bonds is 8. The molecule has 0 fully saturated rings. The van der Waals surface area contributed by atoms with Crippen molar-refractivity contribution in [1.29, 1.82) is 0 Å². The molecule has 0 unspecified atom stereocenters. The van der Waals surface area contributed by atoms with Crippen LogP contribution in [0.5, 0.6) is 0 Å². The molecule has 0 aromatic rings. The largest absolute Gasteiger partial charge is 0.465 e. The van der Waals surface area contributed by atoms with E-state index in [2.05, 4.69) is 20.4 Å². The minimum Gasteiger partial charge on any atom is -0.465 e. The maximum atomic E-state index is 11.9. The van der Waals surface area contributed by atoms with Gasteiger partial charge in [0.1, 0.15) is 0 Å². The van der Waals surface area contributed by atoms with Gasteiger partial charge in [-0.15, -0.1) is 0 Å². The molecule has 0 aliphatic carbocycles. The normalized spacial score (nSPS) is 11.4. The van der Waals surface area contributed by atoms with Gasteiger partial charge in [0.05, 0.1) is 21.3 Å². The van der Waals surface area contributed by atoms with Crippen LogP contribution in [0.25, 0.3) is 0 Å². The van der Waals surface area contributed by atoms with E-state index in [4.69, 9.17) is 9.47 Å². The third kappa shape index (κ3) is 5.21. The van der Waals surface area contributed by atoms with Crippen LogP contribution in [0.3, 0.4) is 0 Å². The van der Waals surface area contributed by atoms with Crippen molar-refractivity contribution in [3.8, 4) is 0 Å². The molecule has 18 heavy (non-hydrogen) atoms. The van der Waals surface area contributed by atoms with Gasteiger partial charge in [0, 0.05) is 0 Å². The summed E-state index contributed by atoms with van der Waals surface area (Å²) in [4.78, 5) is 23.7. The SMILES string of the molecule is CCOC(=O)C(C[Si](C)(CC)CC)C(=O)OCC. The van der Waals surface area contributed by atoms with Crippen molar-refractivity contribution in [3.63, 3.8) is 0 Å². The van der Waals surface area contributed by atoms with E-state index >= 15 is 0 Å². The summed E-state index contributed by atoms with van der Waals surface area (Å²) in [6.07, 6.45) is 0. The molecule has 0 rings (SSSR count). The molecule has 0 aliphatic heterocycles. The Hall–Kier alpha value is -0.843. The maximum Gasteiger partial charge on any atom is 0.320 e. The van der Waals surface area contributed by atoms with Gasteiger partial charge in [0.15, 0.2) is 5.92 Å². The van der Waals surface area contributed by atoms with Crippen LogP contribution in [-0.2, 0) is 19.1 Å². The highest BCUT2D eigenvalue weighted by Crippen LogP contribution is 2.26. The van der Waals surface area contributed by atoms with Crippen LogP contribution in [-0.4, -0.2) is 33.2 Å². The molecule has 0 bridgehead atoms. The molecule has 4 nitrogen and oxygen atoms in total. The van der Waals surface area contributed by atoms with E-state index in [0.29, 0.717) is 19.3 Å². The molecule has 106 valence electrons. The van der Waals surface area contributed by atoms with Gasteiger partial charge in [-0.05, 0) is 19.9 Å². The molecular formula is C13H26O4Si. The first kappa shape index (κ1) is 17.2. The van der Waals surface area contributed by atoms with E-state index in [1.807, 2.05) is 0 Å². The summed E-state index contributed by atoms with van der Waals surface area (Å²) in [6.45, 7) is 10.6. The van der Waals surface area contributed by atoms with E-state index in [-0.39, 0.29) is 0 Å². The van der Waals surface area contributed by atoms with Crippen LogP contribution >= 0.6 is 0 Å². The number of esters is 2. The number of ether oxygens (including phenoxy) is 2. The Morgan fingerprint density at radius 1 is 0.944 bits per heavy atom. The summed E-state index contributed by atoms with van der Waals surface area (Å²) in [6, 6.07) is 2.73. The summed E-state index contributed by atoms with van der Waals surface area (Å²) < 4.78 is 9.98. The number of carbonyl (C=O) groups excluding carboxylic acids is 2. The standard InChI is InChI=1S/C13H26O4Si/c1-6-16-12(14)11(13(15)17-7-2)10-18(5,8-3)9-4/h11H,6-10H2,1-5H3. The minimum atomic E-state index is -1.55. The Labute approximate surface area is 111 Å². The fourth-order valence-electron chi connectivity index (χ4n) is 1.78. The maximum absolute atomic E-state index is 11.9. The summed E-state index contributed by atoms with van der Waals surface area (Å²) in [5, 5.41) is 0. The van der Waals surface area contributed by atoms with Crippen molar-refractivity contribution in [2.45, 2.75) is 52.4 Å². The van der Waals surface area contributed by atoms with Crippen molar-refractivity contribution in [2.75, 3.05) is 13.2 Å². The van der Waals surface area contributed by atoms with E-state index in [1.54, 1.807) is 13.8 Å². The highest BCUT2D eigenvalue weighted by Gasteiger charge is 2.37. The van der Waals surface area contributed by atoms with Crippen LogP contribution < -0.4 is 0 Å². The average Bonchev–Trinajstić information content (AvgIpc) is 2.36. The molecular weight excluding hydrogens is 248 g/mol. The Morgan fingerprint density at radius 2 is 1.33 bits per heavy atom. The van der Waals surface area contributed by atoms with Crippen LogP contribution in [0.2, 0.25) is 24.7 Å². The molecule has 0 aromatic heterocycles. The minimum absolute atomic E-state index is 0.297. The van der Waals surface area contributed by atoms with Gasteiger partial charge >= 0.3 is 11.9 Å². The van der Waals surface area contributed by atoms with Gasteiger partial charge in [-0.3, -0.25) is 9.59 Å². The van der Waals surface area contributed by atoms with Crippen LogP contribution in [0.1, 0.15) is 27.7 Å². The van der Waals surface area contributed by atoms with Gasteiger partial charge in [-0.1, -0.05) is 32.5 Å². The van der Waals surface area contributed by atoms with Crippen LogP contribution in [0.4, 0.5) is 0 Å². The number of carbonyl (C=O) groups is 2. The summed E-state index contributed by atoms with van der Waals surface area (Å²) >= 11 is 0. The first-order valence-corrected chi connectivity index (χ1v) is 9.89. The lowest BCUT2D eigenvalue weighted by Crippen LogP contribution is -2.38. The van der Waals surface area contributed by atoms with E-state index in [9.17, 15) is 9.59 Å². The zero-order chi connectivity index (χ0) is 14.2. The van der Waals surface area contributed by atoms with Crippen molar-refractivity contribution in [3.05, 3.63) is 0 Å². The Kier molecular flexibility index (Phi) is 7.90. The van der Waals surface area contributed by atoms with Gasteiger partial charge in [0.25, 0.3) is 0 Å². The molecule has 0 saturated carbocycles. The first-order valence-electron chi connectivity index (χ1n) is 6.77. The van der Waals surface area contributed by atoms with Gasteiger partial charge in [-0.2, -0.15) is 0 Å².